The molecule has 2 N–H and O–H groups in total. The summed E-state index contributed by atoms with van der Waals surface area (Å²) in [4.78, 5) is 36.5. The van der Waals surface area contributed by atoms with Crippen LogP contribution in [0.5, 0.6) is 0 Å². The lowest BCUT2D eigenvalue weighted by Gasteiger charge is -2.50. The molecule has 1 heterocycles. The number of hydrogen-bond acceptors (Lipinski definition) is 3. The summed E-state index contributed by atoms with van der Waals surface area (Å²) in [6, 6.07) is -0.623. The minimum absolute atomic E-state index is 0.202. The van der Waals surface area contributed by atoms with Crippen molar-refractivity contribution in [2.24, 2.45) is 11.3 Å². The van der Waals surface area contributed by atoms with Gasteiger partial charge >= 0.3 is 12.0 Å². The van der Waals surface area contributed by atoms with Crippen molar-refractivity contribution in [3.63, 3.8) is 0 Å². The minimum atomic E-state index is -1.40. The van der Waals surface area contributed by atoms with Gasteiger partial charge in [0.15, 0.2) is 0 Å². The third kappa shape index (κ3) is 2.19. The third-order valence-corrected chi connectivity index (χ3v) is 4.01. The molecule has 0 aromatic heterocycles. The summed E-state index contributed by atoms with van der Waals surface area (Å²) in [7, 11) is 0. The van der Waals surface area contributed by atoms with Crippen molar-refractivity contribution in [1.29, 1.82) is 0 Å². The van der Waals surface area contributed by atoms with Gasteiger partial charge in [0.2, 0.25) is 5.91 Å². The van der Waals surface area contributed by atoms with E-state index < -0.39 is 28.9 Å². The van der Waals surface area contributed by atoms with Crippen LogP contribution in [0.25, 0.3) is 0 Å². The van der Waals surface area contributed by atoms with Gasteiger partial charge in [0, 0.05) is 0 Å². The SMILES string of the molecule is CC[C@H](C)[C@](C(=O)O)(N1CC(=O)NC1=O)C(C)(C)C. The number of nitrogens with zero attached hydrogens (tertiary/aromatic N) is 1. The molecule has 0 bridgehead atoms. The van der Waals surface area contributed by atoms with E-state index in [-0.39, 0.29) is 12.5 Å². The van der Waals surface area contributed by atoms with Gasteiger partial charge in [-0.25, -0.2) is 9.59 Å². The molecule has 3 amide bonds. The van der Waals surface area contributed by atoms with Crippen molar-refractivity contribution in [3.8, 4) is 0 Å². The Bertz CT molecular complexity index is 413. The molecule has 0 aromatic rings. The lowest BCUT2D eigenvalue weighted by molar-refractivity contribution is -0.162. The number of aliphatic carboxylic acids is 1. The maximum Gasteiger partial charge on any atom is 0.330 e. The Kier molecular flexibility index (Phi) is 3.93. The monoisotopic (exact) mass is 270 g/mol. The van der Waals surface area contributed by atoms with Crippen LogP contribution < -0.4 is 5.32 Å². The van der Waals surface area contributed by atoms with Gasteiger partial charge in [-0.2, -0.15) is 0 Å². The van der Waals surface area contributed by atoms with E-state index in [0.29, 0.717) is 6.42 Å². The van der Waals surface area contributed by atoms with Crippen molar-refractivity contribution in [3.05, 3.63) is 0 Å². The second-order valence-electron chi connectivity index (χ2n) is 6.07. The highest BCUT2D eigenvalue weighted by atomic mass is 16.4. The first kappa shape index (κ1) is 15.5. The van der Waals surface area contributed by atoms with Gasteiger partial charge in [0.25, 0.3) is 0 Å². The predicted octanol–water partition coefficient (Wildman–Crippen LogP) is 1.45. The molecule has 108 valence electrons. The first-order chi connectivity index (χ1) is 8.58. The number of imide groups is 1. The van der Waals surface area contributed by atoms with Crippen LogP contribution in [0.15, 0.2) is 0 Å². The molecule has 19 heavy (non-hydrogen) atoms. The molecule has 0 saturated carbocycles. The quantitative estimate of drug-likeness (QED) is 0.757. The topological polar surface area (TPSA) is 86.7 Å². The van der Waals surface area contributed by atoms with E-state index in [0.717, 1.165) is 0 Å². The number of carboxylic acid groups (broad SMARTS) is 1. The molecular formula is C13H22N2O4. The van der Waals surface area contributed by atoms with Crippen LogP contribution in [0.4, 0.5) is 4.79 Å². The normalized spacial score (nSPS) is 21.0. The molecule has 1 fully saturated rings. The molecule has 2 atom stereocenters. The van der Waals surface area contributed by atoms with Crippen LogP contribution in [0.3, 0.4) is 0 Å². The van der Waals surface area contributed by atoms with Gasteiger partial charge in [-0.3, -0.25) is 15.0 Å². The van der Waals surface area contributed by atoms with Crippen molar-refractivity contribution in [1.82, 2.24) is 10.2 Å². The maximum atomic E-state index is 12.0. The fourth-order valence-electron chi connectivity index (χ4n) is 3.08. The van der Waals surface area contributed by atoms with E-state index in [1.54, 1.807) is 27.7 Å². The van der Waals surface area contributed by atoms with E-state index >= 15 is 0 Å². The summed E-state index contributed by atoms with van der Waals surface area (Å²) in [5.41, 5.74) is -2.10. The summed E-state index contributed by atoms with van der Waals surface area (Å²) in [6.07, 6.45) is 0.599. The smallest absolute Gasteiger partial charge is 0.330 e. The Morgan fingerprint density at radius 1 is 1.42 bits per heavy atom. The van der Waals surface area contributed by atoms with Crippen LogP contribution in [0.1, 0.15) is 41.0 Å². The second kappa shape index (κ2) is 4.83. The van der Waals surface area contributed by atoms with E-state index in [9.17, 15) is 19.5 Å². The molecule has 1 rings (SSSR count). The Morgan fingerprint density at radius 2 is 1.95 bits per heavy atom. The number of carbonyl (C=O) groups is 3. The summed E-state index contributed by atoms with van der Waals surface area (Å²) in [6.45, 7) is 8.82. The molecular weight excluding hydrogens is 248 g/mol. The Balaban J connectivity index is 3.45. The van der Waals surface area contributed by atoms with Gasteiger partial charge in [0.05, 0.1) is 0 Å². The molecule has 1 saturated heterocycles. The maximum absolute atomic E-state index is 12.0. The van der Waals surface area contributed by atoms with Crippen molar-refractivity contribution in [2.75, 3.05) is 6.54 Å². The summed E-state index contributed by atoms with van der Waals surface area (Å²) >= 11 is 0. The molecule has 1 aliphatic heterocycles. The highest BCUT2D eigenvalue weighted by Gasteiger charge is 2.59. The average Bonchev–Trinajstić information content (AvgIpc) is 2.56. The molecule has 1 aliphatic rings. The van der Waals surface area contributed by atoms with Crippen LogP contribution >= 0.6 is 0 Å². The molecule has 6 heteroatoms. The molecule has 0 spiro atoms. The van der Waals surface area contributed by atoms with Crippen LogP contribution in [-0.4, -0.2) is 40.0 Å². The van der Waals surface area contributed by atoms with Gasteiger partial charge in [-0.1, -0.05) is 41.0 Å². The summed E-state index contributed by atoms with van der Waals surface area (Å²) < 4.78 is 0. The Morgan fingerprint density at radius 3 is 2.21 bits per heavy atom. The highest BCUT2D eigenvalue weighted by molar-refractivity contribution is 6.04. The van der Waals surface area contributed by atoms with Gasteiger partial charge in [-0.05, 0) is 11.3 Å². The number of urea groups is 1. The van der Waals surface area contributed by atoms with Gasteiger partial charge < -0.3 is 5.11 Å². The molecule has 0 radical (unpaired) electrons. The number of nitrogens with one attached hydrogen (secondary N) is 1. The van der Waals surface area contributed by atoms with E-state index in [2.05, 4.69) is 5.32 Å². The first-order valence-electron chi connectivity index (χ1n) is 6.43. The van der Waals surface area contributed by atoms with Crippen molar-refractivity contribution < 1.29 is 19.5 Å². The zero-order valence-corrected chi connectivity index (χ0v) is 12.1. The van der Waals surface area contributed by atoms with Crippen molar-refractivity contribution in [2.45, 2.75) is 46.6 Å². The Labute approximate surface area is 113 Å². The fourth-order valence-corrected chi connectivity index (χ4v) is 3.08. The molecule has 6 nitrogen and oxygen atoms in total. The molecule has 0 unspecified atom stereocenters. The summed E-state index contributed by atoms with van der Waals surface area (Å²) in [5.74, 6) is -1.80. The van der Waals surface area contributed by atoms with Gasteiger partial charge in [-0.15, -0.1) is 0 Å². The minimum Gasteiger partial charge on any atom is -0.479 e. The largest absolute Gasteiger partial charge is 0.479 e. The van der Waals surface area contributed by atoms with E-state index in [1.807, 2.05) is 6.92 Å². The zero-order valence-electron chi connectivity index (χ0n) is 12.1. The predicted molar refractivity (Wildman–Crippen MR) is 69.5 cm³/mol. The first-order valence-corrected chi connectivity index (χ1v) is 6.43. The van der Waals surface area contributed by atoms with E-state index in [1.165, 1.54) is 4.90 Å². The standard InChI is InChI=1S/C13H22N2O4/c1-6-8(2)13(10(17)18,12(3,4)5)15-7-9(16)14-11(15)19/h8H,6-7H2,1-5H3,(H,17,18)(H,14,16,19)/t8-,13+/m0/s1. The zero-order chi connectivity index (χ0) is 15.0. The number of rotatable bonds is 4. The number of hydrogen-bond donors (Lipinski definition) is 2. The number of amides is 3. The van der Waals surface area contributed by atoms with Crippen LogP contribution in [0.2, 0.25) is 0 Å². The third-order valence-electron chi connectivity index (χ3n) is 4.01. The lowest BCUT2D eigenvalue weighted by atomic mass is 9.64. The van der Waals surface area contributed by atoms with Crippen LogP contribution in [0, 0.1) is 11.3 Å². The highest BCUT2D eigenvalue weighted by Crippen LogP contribution is 2.44. The van der Waals surface area contributed by atoms with Crippen LogP contribution in [-0.2, 0) is 9.59 Å². The summed E-state index contributed by atoms with van der Waals surface area (Å²) in [5, 5.41) is 12.0. The fraction of sp³-hybridized carbons (Fsp3) is 0.769. The lowest BCUT2D eigenvalue weighted by Crippen LogP contribution is -2.66. The average molecular weight is 270 g/mol. The number of carboxylic acids is 1. The molecule has 0 aliphatic carbocycles. The van der Waals surface area contributed by atoms with E-state index in [4.69, 9.17) is 0 Å². The Hall–Kier alpha value is -1.59. The van der Waals surface area contributed by atoms with Gasteiger partial charge in [0.1, 0.15) is 12.1 Å². The molecule has 0 aromatic carbocycles. The number of carbonyl (C=O) groups excluding carboxylic acids is 2. The second-order valence-corrected chi connectivity index (χ2v) is 6.07. The van der Waals surface area contributed by atoms with Crippen molar-refractivity contribution >= 4 is 17.9 Å².